The van der Waals surface area contributed by atoms with Gasteiger partial charge in [0.05, 0.1) is 31.3 Å². The molecule has 1 aliphatic rings. The third-order valence-corrected chi connectivity index (χ3v) is 6.32. The predicted octanol–water partition coefficient (Wildman–Crippen LogP) is 3.08. The number of piperazine rings is 1. The van der Waals surface area contributed by atoms with Crippen molar-refractivity contribution in [3.8, 4) is 17.2 Å². The lowest BCUT2D eigenvalue weighted by Crippen LogP contribution is -2.46. The van der Waals surface area contributed by atoms with Crippen LogP contribution in [-0.4, -0.2) is 54.7 Å². The summed E-state index contributed by atoms with van der Waals surface area (Å²) in [5, 5.41) is 0. The maximum atomic E-state index is 13.1. The van der Waals surface area contributed by atoms with Gasteiger partial charge in [-0.3, -0.25) is 14.4 Å². The van der Waals surface area contributed by atoms with Crippen molar-refractivity contribution in [2.24, 2.45) is 7.05 Å². The van der Waals surface area contributed by atoms with E-state index in [1.54, 1.807) is 18.9 Å². The van der Waals surface area contributed by atoms with Gasteiger partial charge in [-0.2, -0.15) is 0 Å². The monoisotopic (exact) mass is 436 g/mol. The second-order valence-corrected chi connectivity index (χ2v) is 8.06. The Morgan fingerprint density at radius 1 is 0.938 bits per heavy atom. The van der Waals surface area contributed by atoms with Gasteiger partial charge in [0.1, 0.15) is 11.5 Å². The van der Waals surface area contributed by atoms with E-state index in [1.807, 2.05) is 54.2 Å². The van der Waals surface area contributed by atoms with Gasteiger partial charge in [0.15, 0.2) is 0 Å². The van der Waals surface area contributed by atoms with Gasteiger partial charge in [0.25, 0.3) is 5.56 Å². The fraction of sp³-hybridized carbons (Fsp3) is 0.400. The molecule has 1 aromatic heterocycles. The van der Waals surface area contributed by atoms with Crippen molar-refractivity contribution in [2.75, 3.05) is 45.3 Å². The Morgan fingerprint density at radius 2 is 1.66 bits per heavy atom. The zero-order chi connectivity index (χ0) is 22.7. The molecule has 0 unspecified atom stereocenters. The van der Waals surface area contributed by atoms with Crippen LogP contribution in [0.25, 0.3) is 5.69 Å². The van der Waals surface area contributed by atoms with Gasteiger partial charge >= 0.3 is 0 Å². The van der Waals surface area contributed by atoms with Crippen molar-refractivity contribution in [3.63, 3.8) is 0 Å². The molecule has 1 fully saturated rings. The van der Waals surface area contributed by atoms with Crippen LogP contribution < -0.4 is 19.9 Å². The van der Waals surface area contributed by atoms with Crippen molar-refractivity contribution in [1.82, 2.24) is 14.3 Å². The number of benzene rings is 2. The van der Waals surface area contributed by atoms with Crippen LogP contribution in [-0.2, 0) is 20.0 Å². The quantitative estimate of drug-likeness (QED) is 0.570. The molecule has 1 saturated heterocycles. The topological polar surface area (TPSA) is 51.9 Å². The van der Waals surface area contributed by atoms with Crippen LogP contribution in [0.2, 0.25) is 0 Å². The summed E-state index contributed by atoms with van der Waals surface area (Å²) < 4.78 is 14.7. The highest BCUT2D eigenvalue weighted by molar-refractivity contribution is 5.61. The lowest BCUT2D eigenvalue weighted by Gasteiger charge is -2.36. The molecule has 7 nitrogen and oxygen atoms in total. The molecule has 32 heavy (non-hydrogen) atoms. The second-order valence-electron chi connectivity index (χ2n) is 8.06. The van der Waals surface area contributed by atoms with Crippen LogP contribution in [0.15, 0.2) is 53.3 Å². The highest BCUT2D eigenvalue weighted by Gasteiger charge is 2.24. The fourth-order valence-corrected chi connectivity index (χ4v) is 4.52. The van der Waals surface area contributed by atoms with Crippen molar-refractivity contribution < 1.29 is 9.47 Å². The van der Waals surface area contributed by atoms with Gasteiger partial charge in [0, 0.05) is 51.4 Å². The molecule has 7 heteroatoms. The lowest BCUT2D eigenvalue weighted by molar-refractivity contribution is 0.241. The van der Waals surface area contributed by atoms with Crippen LogP contribution in [0.3, 0.4) is 0 Å². The molecule has 0 radical (unpaired) electrons. The molecule has 0 atom stereocenters. The second kappa shape index (κ2) is 9.53. The molecule has 0 bridgehead atoms. The molecule has 0 saturated carbocycles. The molecular weight excluding hydrogens is 404 g/mol. The number of rotatable bonds is 7. The first-order valence-corrected chi connectivity index (χ1v) is 11.1. The van der Waals surface area contributed by atoms with Crippen molar-refractivity contribution >= 4 is 5.69 Å². The Hall–Kier alpha value is -3.19. The van der Waals surface area contributed by atoms with Crippen molar-refractivity contribution in [3.05, 3.63) is 70.1 Å². The summed E-state index contributed by atoms with van der Waals surface area (Å²) in [4.78, 5) is 17.9. The number of anilines is 1. The third kappa shape index (κ3) is 4.12. The maximum Gasteiger partial charge on any atom is 0.274 e. The van der Waals surface area contributed by atoms with Gasteiger partial charge < -0.3 is 14.4 Å². The highest BCUT2D eigenvalue weighted by Crippen LogP contribution is 2.33. The summed E-state index contributed by atoms with van der Waals surface area (Å²) in [6, 6.07) is 15.8. The van der Waals surface area contributed by atoms with E-state index in [0.29, 0.717) is 0 Å². The number of methoxy groups -OCH3 is 2. The zero-order valence-corrected chi connectivity index (χ0v) is 19.4. The molecule has 170 valence electrons. The fourth-order valence-electron chi connectivity index (χ4n) is 4.52. The zero-order valence-electron chi connectivity index (χ0n) is 19.4. The van der Waals surface area contributed by atoms with Gasteiger partial charge in [-0.25, -0.2) is 4.68 Å². The number of hydrogen-bond donors (Lipinski definition) is 0. The first kappa shape index (κ1) is 22.0. The average Bonchev–Trinajstić information content (AvgIpc) is 3.08. The van der Waals surface area contributed by atoms with E-state index in [1.165, 1.54) is 0 Å². The van der Waals surface area contributed by atoms with E-state index in [9.17, 15) is 4.79 Å². The highest BCUT2D eigenvalue weighted by atomic mass is 16.5. The number of para-hydroxylation sites is 1. The average molecular weight is 437 g/mol. The maximum absolute atomic E-state index is 13.1. The molecule has 4 rings (SSSR count). The molecule has 0 amide bonds. The van der Waals surface area contributed by atoms with Crippen LogP contribution in [0.1, 0.15) is 18.2 Å². The van der Waals surface area contributed by atoms with E-state index in [0.717, 1.165) is 73.3 Å². The summed E-state index contributed by atoms with van der Waals surface area (Å²) in [7, 11) is 5.34. The Kier molecular flexibility index (Phi) is 6.55. The minimum atomic E-state index is 0.0813. The first-order chi connectivity index (χ1) is 15.6. The van der Waals surface area contributed by atoms with Crippen molar-refractivity contribution in [1.29, 1.82) is 0 Å². The summed E-state index contributed by atoms with van der Waals surface area (Å²) in [5.74, 6) is 1.62. The minimum absolute atomic E-state index is 0.0813. The van der Waals surface area contributed by atoms with E-state index in [4.69, 9.17) is 9.47 Å². The van der Waals surface area contributed by atoms with E-state index < -0.39 is 0 Å². The Morgan fingerprint density at radius 3 is 2.28 bits per heavy atom. The van der Waals surface area contributed by atoms with E-state index >= 15 is 0 Å². The van der Waals surface area contributed by atoms with E-state index in [2.05, 4.69) is 22.8 Å². The SMILES string of the molecule is CCc1c(CN2CCN(c3ccc(OC)cc3OC)CC2)n(C)n(-c2ccccc2)c1=O. The standard InChI is InChI=1S/C25H32N4O3/c1-5-21-23(26(2)29(25(21)30)19-9-7-6-8-10-19)18-27-13-15-28(16-14-27)22-12-11-20(31-3)17-24(22)32-4/h6-12,17H,5,13-16,18H2,1-4H3. The summed E-state index contributed by atoms with van der Waals surface area (Å²) in [6.07, 6.45) is 0.727. The minimum Gasteiger partial charge on any atom is -0.497 e. The lowest BCUT2D eigenvalue weighted by atomic mass is 10.1. The Balaban J connectivity index is 1.51. The van der Waals surface area contributed by atoms with Crippen LogP contribution in [0, 0.1) is 0 Å². The smallest absolute Gasteiger partial charge is 0.274 e. The van der Waals surface area contributed by atoms with Gasteiger partial charge in [-0.15, -0.1) is 0 Å². The number of hydrogen-bond acceptors (Lipinski definition) is 5. The van der Waals surface area contributed by atoms with Gasteiger partial charge in [-0.1, -0.05) is 25.1 Å². The number of nitrogens with zero attached hydrogens (tertiary/aromatic N) is 4. The summed E-state index contributed by atoms with van der Waals surface area (Å²) in [5.41, 5.74) is 4.06. The van der Waals surface area contributed by atoms with Crippen LogP contribution in [0.4, 0.5) is 5.69 Å². The van der Waals surface area contributed by atoms with E-state index in [-0.39, 0.29) is 5.56 Å². The Bertz CT molecular complexity index is 1110. The van der Waals surface area contributed by atoms with Gasteiger partial charge in [-0.05, 0) is 30.7 Å². The third-order valence-electron chi connectivity index (χ3n) is 6.32. The molecule has 1 aliphatic heterocycles. The van der Waals surface area contributed by atoms with Crippen molar-refractivity contribution in [2.45, 2.75) is 19.9 Å². The molecule has 0 N–H and O–H groups in total. The van der Waals surface area contributed by atoms with Crippen LogP contribution in [0.5, 0.6) is 11.5 Å². The normalized spacial score (nSPS) is 14.6. The predicted molar refractivity (Wildman–Crippen MR) is 127 cm³/mol. The molecule has 2 heterocycles. The first-order valence-electron chi connectivity index (χ1n) is 11.1. The van der Waals surface area contributed by atoms with Gasteiger partial charge in [0.2, 0.25) is 0 Å². The molecule has 3 aromatic rings. The van der Waals surface area contributed by atoms with Crippen LogP contribution >= 0.6 is 0 Å². The molecular formula is C25H32N4O3. The molecule has 2 aromatic carbocycles. The molecule has 0 spiro atoms. The number of ether oxygens (including phenoxy) is 2. The Labute approximate surface area is 189 Å². The largest absolute Gasteiger partial charge is 0.497 e. The summed E-state index contributed by atoms with van der Waals surface area (Å²) in [6.45, 7) is 6.47. The molecule has 0 aliphatic carbocycles. The number of aromatic nitrogens is 2. The summed E-state index contributed by atoms with van der Waals surface area (Å²) >= 11 is 0.